The highest BCUT2D eigenvalue weighted by atomic mass is 32.2. The summed E-state index contributed by atoms with van der Waals surface area (Å²) in [7, 11) is 0. The second-order valence-electron chi connectivity index (χ2n) is 10.6. The number of fused-ring (bicyclic) bond motifs is 1. The second kappa shape index (κ2) is 12.6. The molecule has 43 heavy (non-hydrogen) atoms. The molecular formula is C35H33N5O2S. The zero-order chi connectivity index (χ0) is 29.8. The summed E-state index contributed by atoms with van der Waals surface area (Å²) in [5, 5.41) is 12.0. The number of nitrogens with one attached hydrogen (secondary N) is 2. The van der Waals surface area contributed by atoms with Crippen LogP contribution in [0.15, 0.2) is 120 Å². The van der Waals surface area contributed by atoms with Crippen molar-refractivity contribution in [1.29, 1.82) is 0 Å². The van der Waals surface area contributed by atoms with E-state index in [2.05, 4.69) is 54.0 Å². The van der Waals surface area contributed by atoms with Crippen molar-refractivity contribution in [3.05, 3.63) is 142 Å². The van der Waals surface area contributed by atoms with Crippen molar-refractivity contribution < 1.29 is 9.53 Å². The number of allylic oxidation sites excluding steroid dienone is 1. The van der Waals surface area contributed by atoms with Crippen molar-refractivity contribution >= 4 is 29.3 Å². The van der Waals surface area contributed by atoms with Gasteiger partial charge in [-0.15, -0.1) is 5.10 Å². The smallest absolute Gasteiger partial charge is 0.255 e. The highest BCUT2D eigenvalue weighted by molar-refractivity contribution is 7.98. The number of benzene rings is 4. The Morgan fingerprint density at radius 2 is 1.60 bits per heavy atom. The maximum absolute atomic E-state index is 13.9. The number of aromatic nitrogens is 3. The topological polar surface area (TPSA) is 81.1 Å². The van der Waals surface area contributed by atoms with Crippen molar-refractivity contribution in [3.8, 4) is 5.75 Å². The van der Waals surface area contributed by atoms with Gasteiger partial charge < -0.3 is 15.4 Å². The number of aryl methyl sites for hydroxylation is 2. The van der Waals surface area contributed by atoms with E-state index in [1.165, 1.54) is 11.1 Å². The third-order valence-electron chi connectivity index (χ3n) is 7.40. The van der Waals surface area contributed by atoms with Gasteiger partial charge in [0.15, 0.2) is 0 Å². The first kappa shape index (κ1) is 28.3. The Balaban J connectivity index is 1.29. The Morgan fingerprint density at radius 1 is 0.884 bits per heavy atom. The van der Waals surface area contributed by atoms with Crippen LogP contribution >= 0.6 is 11.8 Å². The molecule has 0 radical (unpaired) electrons. The van der Waals surface area contributed by atoms with Gasteiger partial charge in [0.25, 0.3) is 5.91 Å². The summed E-state index contributed by atoms with van der Waals surface area (Å²) in [5.41, 5.74) is 7.50. The summed E-state index contributed by atoms with van der Waals surface area (Å²) in [5.74, 6) is 1.91. The number of hydrogen-bond donors (Lipinski definition) is 2. The number of para-hydroxylation sites is 1. The number of thioether (sulfide) groups is 1. The van der Waals surface area contributed by atoms with Crippen LogP contribution in [0.25, 0.3) is 0 Å². The number of carbonyl (C=O) groups excluding carboxylic acids is 1. The van der Waals surface area contributed by atoms with Crippen LogP contribution in [-0.2, 0) is 17.2 Å². The molecular weight excluding hydrogens is 554 g/mol. The molecule has 1 atom stereocenters. The van der Waals surface area contributed by atoms with E-state index < -0.39 is 6.04 Å². The van der Waals surface area contributed by atoms with E-state index in [-0.39, 0.29) is 5.91 Å². The lowest BCUT2D eigenvalue weighted by Crippen LogP contribution is -2.31. The molecule has 0 saturated carbocycles. The summed E-state index contributed by atoms with van der Waals surface area (Å²) in [6, 6.07) is 33.7. The van der Waals surface area contributed by atoms with Gasteiger partial charge >= 0.3 is 0 Å². The molecule has 5 aromatic rings. The largest absolute Gasteiger partial charge is 0.489 e. The van der Waals surface area contributed by atoms with Crippen LogP contribution in [0.1, 0.15) is 40.8 Å². The monoisotopic (exact) mass is 587 g/mol. The lowest BCUT2D eigenvalue weighted by molar-refractivity contribution is -0.113. The third kappa shape index (κ3) is 6.49. The predicted molar refractivity (Wildman–Crippen MR) is 172 cm³/mol. The summed E-state index contributed by atoms with van der Waals surface area (Å²) in [6.07, 6.45) is 0. The molecule has 1 aliphatic heterocycles. The number of anilines is 2. The second-order valence-corrected chi connectivity index (χ2v) is 11.6. The first-order valence-corrected chi connectivity index (χ1v) is 15.2. The van der Waals surface area contributed by atoms with E-state index in [0.717, 1.165) is 39.6 Å². The van der Waals surface area contributed by atoms with Gasteiger partial charge in [0.2, 0.25) is 11.1 Å². The van der Waals surface area contributed by atoms with Crippen LogP contribution < -0.4 is 15.4 Å². The number of hydrogen-bond acceptors (Lipinski definition) is 6. The molecule has 0 fully saturated rings. The molecule has 0 spiro atoms. The lowest BCUT2D eigenvalue weighted by atomic mass is 9.95. The Labute approximate surface area is 256 Å². The number of carbonyl (C=O) groups is 1. The van der Waals surface area contributed by atoms with Crippen LogP contribution in [0.3, 0.4) is 0 Å². The zero-order valence-corrected chi connectivity index (χ0v) is 25.2. The molecule has 4 aromatic carbocycles. The molecule has 0 aliphatic carbocycles. The van der Waals surface area contributed by atoms with Crippen molar-refractivity contribution in [2.24, 2.45) is 0 Å². The molecule has 1 unspecified atom stereocenters. The van der Waals surface area contributed by atoms with Crippen molar-refractivity contribution in [3.63, 3.8) is 0 Å². The third-order valence-corrected chi connectivity index (χ3v) is 8.31. The fourth-order valence-corrected chi connectivity index (χ4v) is 5.80. The first-order chi connectivity index (χ1) is 20.9. The van der Waals surface area contributed by atoms with E-state index in [1.54, 1.807) is 11.8 Å². The standard InChI is InChI=1S/C35H33N5O2S/c1-23-13-15-26(16-14-23)21-42-29-19-17-28(18-20-29)32-31(33(41)37-30-12-8-7-9-24(30)2)25(3)36-34-38-35(39-40(32)34)43-22-27-10-5-4-6-11-27/h4-20,32H,21-22H2,1-3H3,(H,37,41)(H,36,38,39). The number of amides is 1. The average molecular weight is 588 g/mol. The quantitative estimate of drug-likeness (QED) is 0.172. The van der Waals surface area contributed by atoms with E-state index in [4.69, 9.17) is 14.8 Å². The number of nitrogens with zero attached hydrogens (tertiary/aromatic N) is 3. The molecule has 1 aliphatic rings. The minimum atomic E-state index is -0.481. The van der Waals surface area contributed by atoms with Gasteiger partial charge in [0.1, 0.15) is 18.4 Å². The number of rotatable bonds is 9. The predicted octanol–water partition coefficient (Wildman–Crippen LogP) is 7.69. The maximum atomic E-state index is 13.9. The van der Waals surface area contributed by atoms with Crippen LogP contribution in [-0.4, -0.2) is 20.7 Å². The van der Waals surface area contributed by atoms with Crippen molar-refractivity contribution in [1.82, 2.24) is 14.8 Å². The number of ether oxygens (including phenoxy) is 1. The first-order valence-electron chi connectivity index (χ1n) is 14.2. The molecule has 2 N–H and O–H groups in total. The summed E-state index contributed by atoms with van der Waals surface area (Å²) >= 11 is 1.57. The van der Waals surface area contributed by atoms with Gasteiger partial charge in [-0.3, -0.25) is 4.79 Å². The zero-order valence-electron chi connectivity index (χ0n) is 24.4. The molecule has 216 valence electrons. The van der Waals surface area contributed by atoms with Crippen LogP contribution in [0, 0.1) is 13.8 Å². The van der Waals surface area contributed by atoms with Gasteiger partial charge in [0.05, 0.1) is 5.57 Å². The SMILES string of the molecule is CC1=C(C(=O)Nc2ccccc2C)C(c2ccc(OCc3ccc(C)cc3)cc2)n2nc(SCc3ccccc3)nc2N1. The van der Waals surface area contributed by atoms with Gasteiger partial charge in [-0.25, -0.2) is 4.68 Å². The average Bonchev–Trinajstić information content (AvgIpc) is 3.43. The Bertz CT molecular complexity index is 1760. The molecule has 1 aromatic heterocycles. The molecule has 0 saturated heterocycles. The Morgan fingerprint density at radius 3 is 2.35 bits per heavy atom. The summed E-state index contributed by atoms with van der Waals surface area (Å²) in [4.78, 5) is 18.7. The molecule has 8 heteroatoms. The highest BCUT2D eigenvalue weighted by Gasteiger charge is 2.34. The molecule has 6 rings (SSSR count). The lowest BCUT2D eigenvalue weighted by Gasteiger charge is -2.29. The van der Waals surface area contributed by atoms with E-state index in [9.17, 15) is 4.79 Å². The van der Waals surface area contributed by atoms with Crippen molar-refractivity contribution in [2.45, 2.75) is 44.3 Å². The fourth-order valence-electron chi connectivity index (χ4n) is 5.02. The normalized spacial score (nSPS) is 14.2. The van der Waals surface area contributed by atoms with E-state index >= 15 is 0 Å². The van der Waals surface area contributed by atoms with Gasteiger partial charge in [-0.1, -0.05) is 102 Å². The minimum absolute atomic E-state index is 0.191. The fraction of sp³-hybridized carbons (Fsp3) is 0.171. The van der Waals surface area contributed by atoms with Crippen LogP contribution in [0.5, 0.6) is 5.75 Å². The van der Waals surface area contributed by atoms with Crippen LogP contribution in [0.2, 0.25) is 0 Å². The highest BCUT2D eigenvalue weighted by Crippen LogP contribution is 2.37. The minimum Gasteiger partial charge on any atom is -0.489 e. The molecule has 0 bridgehead atoms. The Hall–Kier alpha value is -4.82. The van der Waals surface area contributed by atoms with E-state index in [1.807, 2.05) is 85.3 Å². The van der Waals surface area contributed by atoms with Crippen molar-refractivity contribution in [2.75, 3.05) is 10.6 Å². The van der Waals surface area contributed by atoms with Crippen LogP contribution in [0.4, 0.5) is 11.6 Å². The molecule has 1 amide bonds. The summed E-state index contributed by atoms with van der Waals surface area (Å²) in [6.45, 7) is 6.44. The molecule has 2 heterocycles. The molecule has 7 nitrogen and oxygen atoms in total. The Kier molecular flexibility index (Phi) is 8.29. The van der Waals surface area contributed by atoms with Gasteiger partial charge in [0, 0.05) is 17.1 Å². The van der Waals surface area contributed by atoms with E-state index in [0.29, 0.717) is 23.3 Å². The summed E-state index contributed by atoms with van der Waals surface area (Å²) < 4.78 is 7.88. The van der Waals surface area contributed by atoms with Gasteiger partial charge in [-0.2, -0.15) is 4.98 Å². The maximum Gasteiger partial charge on any atom is 0.255 e. The van der Waals surface area contributed by atoms with Gasteiger partial charge in [-0.05, 0) is 61.2 Å².